The second-order valence-corrected chi connectivity index (χ2v) is 10.2. The molecule has 4 nitrogen and oxygen atoms in total. The minimum atomic E-state index is 0.103. The molecule has 4 heterocycles. The van der Waals surface area contributed by atoms with Crippen molar-refractivity contribution in [1.82, 2.24) is 15.6 Å². The SMILES string of the molecule is c1ccc([C@]2(CCNCC3NCCc4sccc43)CCOC3(CCCC3)C2)nc1. The average Bonchev–Trinajstić information content (AvgIpc) is 3.42. The zero-order valence-corrected chi connectivity index (χ0v) is 18.1. The highest BCUT2D eigenvalue weighted by Gasteiger charge is 2.48. The number of nitrogens with one attached hydrogen (secondary N) is 2. The van der Waals surface area contributed by atoms with Gasteiger partial charge in [0, 0.05) is 47.9 Å². The summed E-state index contributed by atoms with van der Waals surface area (Å²) in [6.45, 7) is 4.00. The van der Waals surface area contributed by atoms with Gasteiger partial charge in [-0.1, -0.05) is 18.9 Å². The van der Waals surface area contributed by atoms with E-state index < -0.39 is 0 Å². The smallest absolute Gasteiger partial charge is 0.0691 e. The van der Waals surface area contributed by atoms with Gasteiger partial charge in [-0.3, -0.25) is 4.98 Å². The van der Waals surface area contributed by atoms with Gasteiger partial charge in [0.05, 0.1) is 5.60 Å². The quantitative estimate of drug-likeness (QED) is 0.693. The fraction of sp³-hybridized carbons (Fsp3) is 0.625. The van der Waals surface area contributed by atoms with E-state index in [0.29, 0.717) is 6.04 Å². The van der Waals surface area contributed by atoms with Gasteiger partial charge in [0.1, 0.15) is 0 Å². The Morgan fingerprint density at radius 2 is 2.14 bits per heavy atom. The molecule has 0 bridgehead atoms. The lowest BCUT2D eigenvalue weighted by atomic mass is 9.68. The Labute approximate surface area is 178 Å². The van der Waals surface area contributed by atoms with Crippen LogP contribution in [0.25, 0.3) is 0 Å². The number of fused-ring (bicyclic) bond motifs is 1. The largest absolute Gasteiger partial charge is 0.375 e. The lowest BCUT2D eigenvalue weighted by Crippen LogP contribution is -2.47. The molecule has 3 aliphatic rings. The molecular weight excluding hydrogens is 378 g/mol. The number of aromatic nitrogens is 1. The van der Waals surface area contributed by atoms with Crippen molar-refractivity contribution in [3.63, 3.8) is 0 Å². The Kier molecular flexibility index (Phi) is 5.74. The first-order chi connectivity index (χ1) is 14.3. The Bertz CT molecular complexity index is 801. The third-order valence-corrected chi connectivity index (χ3v) is 8.40. The molecule has 2 fully saturated rings. The molecule has 156 valence electrons. The Morgan fingerprint density at radius 3 is 3.00 bits per heavy atom. The van der Waals surface area contributed by atoms with E-state index in [4.69, 9.17) is 9.72 Å². The highest BCUT2D eigenvalue weighted by molar-refractivity contribution is 7.10. The van der Waals surface area contributed by atoms with E-state index in [1.54, 1.807) is 4.88 Å². The number of hydrogen-bond donors (Lipinski definition) is 2. The van der Waals surface area contributed by atoms with E-state index in [0.717, 1.165) is 45.5 Å². The number of nitrogens with zero attached hydrogens (tertiary/aromatic N) is 1. The van der Waals surface area contributed by atoms with Gasteiger partial charge in [0.15, 0.2) is 0 Å². The van der Waals surface area contributed by atoms with E-state index in [1.165, 1.54) is 43.4 Å². The molecule has 2 N–H and O–H groups in total. The monoisotopic (exact) mass is 411 g/mol. The van der Waals surface area contributed by atoms with Gasteiger partial charge in [-0.2, -0.15) is 0 Å². The molecule has 1 spiro atoms. The second-order valence-electron chi connectivity index (χ2n) is 9.17. The van der Waals surface area contributed by atoms with Gasteiger partial charge >= 0.3 is 0 Å². The van der Waals surface area contributed by atoms with Gasteiger partial charge in [-0.25, -0.2) is 0 Å². The highest BCUT2D eigenvalue weighted by Crippen LogP contribution is 2.49. The summed E-state index contributed by atoms with van der Waals surface area (Å²) in [6.07, 6.45) is 11.6. The number of rotatable bonds is 6. The van der Waals surface area contributed by atoms with Crippen LogP contribution in [0.15, 0.2) is 35.8 Å². The average molecular weight is 412 g/mol. The maximum atomic E-state index is 6.38. The third-order valence-electron chi connectivity index (χ3n) is 7.40. The molecule has 0 radical (unpaired) electrons. The molecule has 2 aliphatic heterocycles. The fourth-order valence-corrected chi connectivity index (χ4v) is 6.83. The minimum absolute atomic E-state index is 0.103. The summed E-state index contributed by atoms with van der Waals surface area (Å²) in [5.74, 6) is 0. The first-order valence-electron chi connectivity index (χ1n) is 11.3. The van der Waals surface area contributed by atoms with Crippen LogP contribution in [0.2, 0.25) is 0 Å². The zero-order valence-electron chi connectivity index (χ0n) is 17.3. The van der Waals surface area contributed by atoms with Crippen LogP contribution >= 0.6 is 11.3 Å². The van der Waals surface area contributed by atoms with E-state index >= 15 is 0 Å². The lowest BCUT2D eigenvalue weighted by molar-refractivity contribution is -0.104. The first-order valence-corrected chi connectivity index (χ1v) is 12.2. The predicted molar refractivity (Wildman–Crippen MR) is 119 cm³/mol. The van der Waals surface area contributed by atoms with Crippen molar-refractivity contribution in [3.8, 4) is 0 Å². The normalized spacial score (nSPS) is 28.5. The van der Waals surface area contributed by atoms with Crippen LogP contribution in [-0.2, 0) is 16.6 Å². The molecule has 2 aromatic heterocycles. The molecule has 0 amide bonds. The predicted octanol–water partition coefficient (Wildman–Crippen LogP) is 4.37. The van der Waals surface area contributed by atoms with Crippen molar-refractivity contribution in [2.24, 2.45) is 0 Å². The number of pyridine rings is 1. The summed E-state index contributed by atoms with van der Waals surface area (Å²) < 4.78 is 6.38. The van der Waals surface area contributed by atoms with Crippen molar-refractivity contribution in [2.75, 3.05) is 26.2 Å². The Hall–Kier alpha value is -1.27. The minimum Gasteiger partial charge on any atom is -0.375 e. The molecule has 5 heteroatoms. The lowest BCUT2D eigenvalue weighted by Gasteiger charge is -2.46. The molecule has 1 saturated carbocycles. The maximum absolute atomic E-state index is 6.38. The Morgan fingerprint density at radius 1 is 1.21 bits per heavy atom. The van der Waals surface area contributed by atoms with E-state index in [-0.39, 0.29) is 11.0 Å². The standard InChI is InChI=1S/C24H33N3OS/c1-4-12-27-22(5-1)23(11-15-28-24(18-23)8-2-3-9-24)10-14-25-17-20-19-7-16-29-21(19)6-13-26-20/h1,4-5,7,12,16,20,25-26H,2-3,6,8-11,13-15,17-18H2/t20?,23-/m1/s1. The van der Waals surface area contributed by atoms with Crippen LogP contribution in [0, 0.1) is 0 Å². The summed E-state index contributed by atoms with van der Waals surface area (Å²) >= 11 is 1.91. The molecule has 1 saturated heterocycles. The number of hydrogen-bond acceptors (Lipinski definition) is 5. The van der Waals surface area contributed by atoms with Gasteiger partial charge in [-0.05, 0) is 74.2 Å². The van der Waals surface area contributed by atoms with Gasteiger partial charge in [-0.15, -0.1) is 11.3 Å². The second kappa shape index (κ2) is 8.46. The van der Waals surface area contributed by atoms with Crippen LogP contribution in [0.3, 0.4) is 0 Å². The summed E-state index contributed by atoms with van der Waals surface area (Å²) in [6, 6.07) is 9.18. The third kappa shape index (κ3) is 4.02. The van der Waals surface area contributed by atoms with Gasteiger partial charge in [0.2, 0.25) is 0 Å². The summed E-state index contributed by atoms with van der Waals surface area (Å²) in [5, 5.41) is 9.71. The molecule has 1 unspecified atom stereocenters. The zero-order chi connectivity index (χ0) is 19.6. The molecule has 29 heavy (non-hydrogen) atoms. The van der Waals surface area contributed by atoms with Crippen molar-refractivity contribution >= 4 is 11.3 Å². The molecule has 2 atom stereocenters. The van der Waals surface area contributed by atoms with Crippen LogP contribution < -0.4 is 10.6 Å². The Balaban J connectivity index is 1.26. The number of ether oxygens (including phenoxy) is 1. The molecule has 5 rings (SSSR count). The summed E-state index contributed by atoms with van der Waals surface area (Å²) in [7, 11) is 0. The molecule has 1 aliphatic carbocycles. The molecule has 0 aromatic carbocycles. The molecule has 2 aromatic rings. The van der Waals surface area contributed by atoms with E-state index in [2.05, 4.69) is 34.2 Å². The van der Waals surface area contributed by atoms with Crippen LogP contribution in [0.4, 0.5) is 0 Å². The topological polar surface area (TPSA) is 46.2 Å². The fourth-order valence-electron chi connectivity index (χ4n) is 5.89. The van der Waals surface area contributed by atoms with Crippen molar-refractivity contribution in [1.29, 1.82) is 0 Å². The van der Waals surface area contributed by atoms with E-state index in [9.17, 15) is 0 Å². The molecular formula is C24H33N3OS. The van der Waals surface area contributed by atoms with Crippen molar-refractivity contribution in [2.45, 2.75) is 68.4 Å². The van der Waals surface area contributed by atoms with E-state index in [1.807, 2.05) is 23.6 Å². The maximum Gasteiger partial charge on any atom is 0.0691 e. The summed E-state index contributed by atoms with van der Waals surface area (Å²) in [5.41, 5.74) is 3.02. The van der Waals surface area contributed by atoms with Crippen LogP contribution in [0.5, 0.6) is 0 Å². The first kappa shape index (κ1) is 19.7. The van der Waals surface area contributed by atoms with Crippen LogP contribution in [0.1, 0.15) is 67.1 Å². The van der Waals surface area contributed by atoms with Gasteiger partial charge < -0.3 is 15.4 Å². The van der Waals surface area contributed by atoms with Gasteiger partial charge in [0.25, 0.3) is 0 Å². The number of thiophene rings is 1. The highest BCUT2D eigenvalue weighted by atomic mass is 32.1. The van der Waals surface area contributed by atoms with Crippen molar-refractivity contribution < 1.29 is 4.74 Å². The van der Waals surface area contributed by atoms with Crippen molar-refractivity contribution in [3.05, 3.63) is 52.0 Å². The summed E-state index contributed by atoms with van der Waals surface area (Å²) in [4.78, 5) is 6.39. The van der Waals surface area contributed by atoms with Crippen LogP contribution in [-0.4, -0.2) is 36.8 Å².